The lowest BCUT2D eigenvalue weighted by molar-refractivity contribution is -0.137. The predicted molar refractivity (Wildman–Crippen MR) is 62.6 cm³/mol. The van der Waals surface area contributed by atoms with Crippen LogP contribution >= 0.6 is 0 Å². The first-order chi connectivity index (χ1) is 8.93. The molecule has 3 nitrogen and oxygen atoms in total. The van der Waals surface area contributed by atoms with Gasteiger partial charge in [0.05, 0.1) is 29.9 Å². The minimum atomic E-state index is -4.34. The van der Waals surface area contributed by atoms with Crippen LogP contribution in [0.1, 0.15) is 16.8 Å². The zero-order chi connectivity index (χ0) is 14.0. The molecule has 0 bridgehead atoms. The van der Waals surface area contributed by atoms with Crippen molar-refractivity contribution < 1.29 is 13.2 Å². The summed E-state index contributed by atoms with van der Waals surface area (Å²) < 4.78 is 38.9. The van der Waals surface area contributed by atoms with Gasteiger partial charge in [-0.1, -0.05) is 0 Å². The summed E-state index contributed by atoms with van der Waals surface area (Å²) in [5.41, 5.74) is 1.36. The second-order valence-electron chi connectivity index (χ2n) is 4.05. The van der Waals surface area contributed by atoms with Crippen molar-refractivity contribution in [3.05, 3.63) is 47.3 Å². The molecule has 0 aliphatic heterocycles. The van der Waals surface area contributed by atoms with Crippen LogP contribution < -0.4 is 0 Å². The van der Waals surface area contributed by atoms with Crippen molar-refractivity contribution in [2.24, 2.45) is 0 Å². The molecular weight excluding hydrogens is 255 g/mol. The zero-order valence-electron chi connectivity index (χ0n) is 10.1. The summed E-state index contributed by atoms with van der Waals surface area (Å²) in [6.45, 7) is 1.78. The Labute approximate surface area is 107 Å². The maximum atomic E-state index is 12.4. The second-order valence-corrected chi connectivity index (χ2v) is 4.05. The Balaban J connectivity index is 2.36. The lowest BCUT2D eigenvalue weighted by Crippen LogP contribution is -2.06. The number of alkyl halides is 3. The first kappa shape index (κ1) is 13.1. The normalized spacial score (nSPS) is 11.3. The number of hydrogen-bond donors (Lipinski definition) is 0. The molecule has 2 rings (SSSR count). The van der Waals surface area contributed by atoms with Gasteiger partial charge in [0.25, 0.3) is 0 Å². The summed E-state index contributed by atoms with van der Waals surface area (Å²) in [4.78, 5) is 0. The summed E-state index contributed by atoms with van der Waals surface area (Å²) in [7, 11) is 0. The summed E-state index contributed by atoms with van der Waals surface area (Å²) in [6, 6.07) is 6.77. The van der Waals surface area contributed by atoms with Gasteiger partial charge in [0.1, 0.15) is 0 Å². The molecule has 0 aliphatic rings. The van der Waals surface area contributed by atoms with Crippen LogP contribution in [-0.4, -0.2) is 9.78 Å². The Kier molecular flexibility index (Phi) is 3.30. The molecule has 1 heterocycles. The summed E-state index contributed by atoms with van der Waals surface area (Å²) >= 11 is 0. The van der Waals surface area contributed by atoms with E-state index in [2.05, 4.69) is 5.10 Å². The highest BCUT2D eigenvalue weighted by atomic mass is 19.4. The van der Waals surface area contributed by atoms with Gasteiger partial charge in [-0.3, -0.25) is 0 Å². The molecule has 0 amide bonds. The Hall–Kier alpha value is -2.29. The van der Waals surface area contributed by atoms with Gasteiger partial charge in [-0.05, 0) is 31.2 Å². The van der Waals surface area contributed by atoms with E-state index in [1.165, 1.54) is 16.8 Å². The molecule has 0 unspecified atom stereocenters. The van der Waals surface area contributed by atoms with Gasteiger partial charge in [-0.2, -0.15) is 23.5 Å². The van der Waals surface area contributed by atoms with E-state index in [-0.39, 0.29) is 6.42 Å². The van der Waals surface area contributed by atoms with Crippen molar-refractivity contribution in [2.75, 3.05) is 0 Å². The minimum Gasteiger partial charge on any atom is -0.238 e. The lowest BCUT2D eigenvalue weighted by Gasteiger charge is -2.09. The fraction of sp³-hybridized carbons (Fsp3) is 0.231. The number of nitriles is 1. The fourth-order valence-electron chi connectivity index (χ4n) is 1.75. The number of hydrogen-bond acceptors (Lipinski definition) is 2. The third kappa shape index (κ3) is 2.60. The maximum absolute atomic E-state index is 12.4. The minimum absolute atomic E-state index is 0.229. The van der Waals surface area contributed by atoms with Crippen LogP contribution in [0.25, 0.3) is 5.69 Å². The summed E-state index contributed by atoms with van der Waals surface area (Å²) in [5, 5.41) is 12.7. The van der Waals surface area contributed by atoms with E-state index in [0.29, 0.717) is 5.69 Å². The van der Waals surface area contributed by atoms with Crippen LogP contribution in [0.15, 0.2) is 30.5 Å². The van der Waals surface area contributed by atoms with Crippen molar-refractivity contribution in [3.8, 4) is 11.8 Å². The Morgan fingerprint density at radius 3 is 2.42 bits per heavy atom. The van der Waals surface area contributed by atoms with Crippen LogP contribution in [-0.2, 0) is 12.6 Å². The van der Waals surface area contributed by atoms with Crippen LogP contribution in [0.3, 0.4) is 0 Å². The molecule has 0 atom stereocenters. The van der Waals surface area contributed by atoms with E-state index in [0.717, 1.165) is 23.4 Å². The number of halogens is 3. The van der Waals surface area contributed by atoms with E-state index < -0.39 is 11.7 Å². The van der Waals surface area contributed by atoms with Crippen molar-refractivity contribution >= 4 is 0 Å². The molecule has 0 fully saturated rings. The third-order valence-corrected chi connectivity index (χ3v) is 2.82. The summed E-state index contributed by atoms with van der Waals surface area (Å²) in [5.74, 6) is 0. The maximum Gasteiger partial charge on any atom is 0.416 e. The Morgan fingerprint density at radius 2 is 1.89 bits per heavy atom. The molecule has 0 spiro atoms. The largest absolute Gasteiger partial charge is 0.416 e. The van der Waals surface area contributed by atoms with Gasteiger partial charge < -0.3 is 0 Å². The number of aromatic nitrogens is 2. The average molecular weight is 265 g/mol. The topological polar surface area (TPSA) is 41.6 Å². The number of benzene rings is 1. The van der Waals surface area contributed by atoms with Gasteiger partial charge in [-0.15, -0.1) is 0 Å². The first-order valence-electron chi connectivity index (χ1n) is 5.51. The predicted octanol–water partition coefficient (Wildman–Crippen LogP) is 3.27. The zero-order valence-corrected chi connectivity index (χ0v) is 10.1. The highest BCUT2D eigenvalue weighted by Gasteiger charge is 2.30. The van der Waals surface area contributed by atoms with E-state index in [1.807, 2.05) is 6.07 Å². The molecule has 0 N–H and O–H groups in total. The van der Waals surface area contributed by atoms with Crippen LogP contribution in [0.4, 0.5) is 13.2 Å². The molecule has 1 aromatic heterocycles. The van der Waals surface area contributed by atoms with Crippen molar-refractivity contribution in [1.82, 2.24) is 9.78 Å². The molecule has 98 valence electrons. The quantitative estimate of drug-likeness (QED) is 0.836. The molecule has 0 radical (unpaired) electrons. The first-order valence-corrected chi connectivity index (χ1v) is 5.51. The molecule has 0 saturated heterocycles. The third-order valence-electron chi connectivity index (χ3n) is 2.82. The van der Waals surface area contributed by atoms with E-state index in [4.69, 9.17) is 5.26 Å². The van der Waals surface area contributed by atoms with Gasteiger partial charge in [0.15, 0.2) is 0 Å². The molecular formula is C13H10F3N3. The highest BCUT2D eigenvalue weighted by Crippen LogP contribution is 2.29. The molecule has 2 aromatic rings. The van der Waals surface area contributed by atoms with Crippen molar-refractivity contribution in [2.45, 2.75) is 19.5 Å². The fourth-order valence-corrected chi connectivity index (χ4v) is 1.75. The Morgan fingerprint density at radius 1 is 1.26 bits per heavy atom. The molecule has 1 aromatic carbocycles. The van der Waals surface area contributed by atoms with Gasteiger partial charge in [0, 0.05) is 11.3 Å². The molecule has 0 aliphatic carbocycles. The van der Waals surface area contributed by atoms with Gasteiger partial charge in [0.2, 0.25) is 0 Å². The monoisotopic (exact) mass is 265 g/mol. The molecule has 19 heavy (non-hydrogen) atoms. The highest BCUT2D eigenvalue weighted by molar-refractivity contribution is 5.38. The summed E-state index contributed by atoms with van der Waals surface area (Å²) in [6.07, 6.45) is -2.56. The van der Waals surface area contributed by atoms with Crippen LogP contribution in [0, 0.1) is 18.3 Å². The molecule has 6 heteroatoms. The standard InChI is InChI=1S/C13H10F3N3/c1-9-10(6-7-17)8-18-19(9)12-4-2-11(3-5-12)13(14,15)16/h2-5,8H,6H2,1H3. The van der Waals surface area contributed by atoms with Crippen molar-refractivity contribution in [3.63, 3.8) is 0 Å². The van der Waals surface area contributed by atoms with Gasteiger partial charge in [-0.25, -0.2) is 4.68 Å². The van der Waals surface area contributed by atoms with Crippen molar-refractivity contribution in [1.29, 1.82) is 5.26 Å². The van der Waals surface area contributed by atoms with Crippen LogP contribution in [0.2, 0.25) is 0 Å². The number of rotatable bonds is 2. The second kappa shape index (κ2) is 4.76. The lowest BCUT2D eigenvalue weighted by atomic mass is 10.2. The Bertz CT molecular complexity index is 618. The average Bonchev–Trinajstić information content (AvgIpc) is 2.71. The SMILES string of the molecule is Cc1c(CC#N)cnn1-c1ccc(C(F)(F)F)cc1. The van der Waals surface area contributed by atoms with E-state index >= 15 is 0 Å². The number of nitrogens with zero attached hydrogens (tertiary/aromatic N) is 3. The van der Waals surface area contributed by atoms with E-state index in [9.17, 15) is 13.2 Å². The van der Waals surface area contributed by atoms with E-state index in [1.54, 1.807) is 13.1 Å². The molecule has 0 saturated carbocycles. The smallest absolute Gasteiger partial charge is 0.238 e. The van der Waals surface area contributed by atoms with Crippen LogP contribution in [0.5, 0.6) is 0 Å². The van der Waals surface area contributed by atoms with Gasteiger partial charge >= 0.3 is 6.18 Å².